The van der Waals surface area contributed by atoms with E-state index in [9.17, 15) is 0 Å². The molecule has 90 valence electrons. The molecule has 0 aliphatic rings. The maximum Gasteiger partial charge on any atom is 0.118 e. The predicted molar refractivity (Wildman–Crippen MR) is 73.3 cm³/mol. The van der Waals surface area contributed by atoms with Gasteiger partial charge in [0.15, 0.2) is 0 Å². The van der Waals surface area contributed by atoms with Crippen LogP contribution in [-0.2, 0) is 5.75 Å². The van der Waals surface area contributed by atoms with Crippen molar-refractivity contribution in [1.82, 2.24) is 0 Å². The first-order valence-corrected chi connectivity index (χ1v) is 6.82. The van der Waals surface area contributed by atoms with Crippen LogP contribution in [0, 0.1) is 0 Å². The van der Waals surface area contributed by atoms with Gasteiger partial charge in [0, 0.05) is 17.3 Å². The quantitative estimate of drug-likeness (QED) is 0.894. The molecule has 0 aliphatic carbocycles. The minimum atomic E-state index is 0.182. The van der Waals surface area contributed by atoms with Gasteiger partial charge >= 0.3 is 0 Å². The number of nitrogens with two attached hydrogens (primary N) is 1. The summed E-state index contributed by atoms with van der Waals surface area (Å²) in [5, 5.41) is 0.983. The van der Waals surface area contributed by atoms with Gasteiger partial charge in [-0.15, -0.1) is 11.8 Å². The topological polar surface area (TPSA) is 39.2 Å². The summed E-state index contributed by atoms with van der Waals surface area (Å²) >= 11 is 7.85. The summed E-state index contributed by atoms with van der Waals surface area (Å²) in [5.74, 6) is 1.76. The number of benzene rings is 1. The first-order chi connectivity index (χ1) is 8.31. The molecule has 2 aromatic rings. The Bertz CT molecular complexity index is 458. The lowest BCUT2D eigenvalue weighted by molar-refractivity contribution is 0.507. The molecule has 1 unspecified atom stereocenters. The Hall–Kier alpha value is -0.900. The molecule has 1 aromatic carbocycles. The maximum atomic E-state index is 6.11. The van der Waals surface area contributed by atoms with Crippen LogP contribution < -0.4 is 5.73 Å². The second-order valence-corrected chi connectivity index (χ2v) is 5.24. The summed E-state index contributed by atoms with van der Waals surface area (Å²) in [7, 11) is 0. The first-order valence-electron chi connectivity index (χ1n) is 5.39. The molecule has 2 nitrogen and oxygen atoms in total. The number of rotatable bonds is 5. The molecular formula is C13H14ClNOS. The number of thioether (sulfide) groups is 1. The summed E-state index contributed by atoms with van der Waals surface area (Å²) in [5.41, 5.74) is 6.88. The van der Waals surface area contributed by atoms with Gasteiger partial charge in [-0.25, -0.2) is 0 Å². The van der Waals surface area contributed by atoms with Crippen molar-refractivity contribution in [3.63, 3.8) is 0 Å². The minimum absolute atomic E-state index is 0.182. The van der Waals surface area contributed by atoms with Crippen LogP contribution in [0.1, 0.15) is 16.6 Å². The number of furan rings is 1. The van der Waals surface area contributed by atoms with E-state index in [1.807, 2.05) is 36.4 Å². The molecule has 0 radical (unpaired) electrons. The van der Waals surface area contributed by atoms with Crippen LogP contribution in [0.4, 0.5) is 0 Å². The van der Waals surface area contributed by atoms with Gasteiger partial charge in [0.2, 0.25) is 0 Å². The molecule has 2 rings (SSSR count). The SMILES string of the molecule is NCC(SCc1ccccc1Cl)c1ccco1. The summed E-state index contributed by atoms with van der Waals surface area (Å²) in [6.07, 6.45) is 1.67. The summed E-state index contributed by atoms with van der Waals surface area (Å²) in [6.45, 7) is 0.558. The van der Waals surface area contributed by atoms with Crippen molar-refractivity contribution in [2.75, 3.05) is 6.54 Å². The smallest absolute Gasteiger partial charge is 0.118 e. The second-order valence-electron chi connectivity index (χ2n) is 3.64. The molecule has 4 heteroatoms. The van der Waals surface area contributed by atoms with Crippen LogP contribution in [0.2, 0.25) is 5.02 Å². The van der Waals surface area contributed by atoms with Crippen molar-refractivity contribution < 1.29 is 4.42 Å². The number of halogens is 1. The third kappa shape index (κ3) is 3.28. The summed E-state index contributed by atoms with van der Waals surface area (Å²) in [4.78, 5) is 0. The van der Waals surface area contributed by atoms with Crippen LogP contribution in [0.5, 0.6) is 0 Å². The molecule has 0 fully saturated rings. The Labute approximate surface area is 110 Å². The molecule has 1 heterocycles. The highest BCUT2D eigenvalue weighted by molar-refractivity contribution is 7.98. The van der Waals surface area contributed by atoms with Gasteiger partial charge < -0.3 is 10.2 Å². The standard InChI is InChI=1S/C13H14ClNOS/c14-11-5-2-1-4-10(11)9-17-13(8-15)12-6-3-7-16-12/h1-7,13H,8-9,15H2. The Morgan fingerprint density at radius 1 is 1.24 bits per heavy atom. The predicted octanol–water partition coefficient (Wildman–Crippen LogP) is 3.87. The maximum absolute atomic E-state index is 6.11. The van der Waals surface area contributed by atoms with Crippen LogP contribution in [-0.4, -0.2) is 6.54 Å². The highest BCUT2D eigenvalue weighted by atomic mass is 35.5. The van der Waals surface area contributed by atoms with Crippen LogP contribution in [0.3, 0.4) is 0 Å². The van der Waals surface area contributed by atoms with Crippen molar-refractivity contribution in [1.29, 1.82) is 0 Å². The van der Waals surface area contributed by atoms with E-state index in [2.05, 4.69) is 0 Å². The fourth-order valence-corrected chi connectivity index (χ4v) is 2.90. The van der Waals surface area contributed by atoms with Crippen LogP contribution >= 0.6 is 23.4 Å². The van der Waals surface area contributed by atoms with Gasteiger partial charge in [-0.1, -0.05) is 29.8 Å². The molecule has 1 aromatic heterocycles. The van der Waals surface area contributed by atoms with E-state index < -0.39 is 0 Å². The third-order valence-corrected chi connectivity index (χ3v) is 4.15. The van der Waals surface area contributed by atoms with Crippen molar-refractivity contribution >= 4 is 23.4 Å². The molecule has 2 N–H and O–H groups in total. The summed E-state index contributed by atoms with van der Waals surface area (Å²) in [6, 6.07) is 11.7. The first kappa shape index (κ1) is 12.6. The van der Waals surface area contributed by atoms with Gasteiger partial charge in [0.1, 0.15) is 5.76 Å². The number of hydrogen-bond acceptors (Lipinski definition) is 3. The van der Waals surface area contributed by atoms with Gasteiger partial charge in [-0.05, 0) is 23.8 Å². The van der Waals surface area contributed by atoms with E-state index in [0.29, 0.717) is 6.54 Å². The molecule has 0 bridgehead atoms. The lowest BCUT2D eigenvalue weighted by Crippen LogP contribution is -2.08. The van der Waals surface area contributed by atoms with Gasteiger partial charge in [0.05, 0.1) is 11.5 Å². The Morgan fingerprint density at radius 3 is 2.71 bits per heavy atom. The molecule has 1 atom stereocenters. The Balaban J connectivity index is 2.00. The van der Waals surface area contributed by atoms with E-state index in [4.69, 9.17) is 21.8 Å². The average molecular weight is 268 g/mol. The highest BCUT2D eigenvalue weighted by Crippen LogP contribution is 2.32. The molecular weight excluding hydrogens is 254 g/mol. The Kier molecular flexibility index (Phi) is 4.54. The van der Waals surface area contributed by atoms with Crippen molar-refractivity contribution in [2.24, 2.45) is 5.73 Å². The zero-order chi connectivity index (χ0) is 12.1. The van der Waals surface area contributed by atoms with Crippen molar-refractivity contribution in [2.45, 2.75) is 11.0 Å². The molecule has 0 spiro atoms. The normalized spacial score (nSPS) is 12.6. The van der Waals surface area contributed by atoms with Crippen LogP contribution in [0.15, 0.2) is 47.1 Å². The monoisotopic (exact) mass is 267 g/mol. The third-order valence-electron chi connectivity index (χ3n) is 2.47. The van der Waals surface area contributed by atoms with Gasteiger partial charge in [0.25, 0.3) is 0 Å². The van der Waals surface area contributed by atoms with Crippen molar-refractivity contribution in [3.05, 3.63) is 59.0 Å². The van der Waals surface area contributed by atoms with E-state index >= 15 is 0 Å². The van der Waals surface area contributed by atoms with Gasteiger partial charge in [-0.3, -0.25) is 0 Å². The molecule has 0 aliphatic heterocycles. The van der Waals surface area contributed by atoms with Crippen LogP contribution in [0.25, 0.3) is 0 Å². The van der Waals surface area contributed by atoms with E-state index in [1.54, 1.807) is 18.0 Å². The fourth-order valence-electron chi connectivity index (χ4n) is 1.55. The van der Waals surface area contributed by atoms with E-state index in [1.165, 1.54) is 0 Å². The van der Waals surface area contributed by atoms with E-state index in [0.717, 1.165) is 22.1 Å². The largest absolute Gasteiger partial charge is 0.468 e. The number of hydrogen-bond donors (Lipinski definition) is 1. The van der Waals surface area contributed by atoms with E-state index in [-0.39, 0.29) is 5.25 Å². The zero-order valence-electron chi connectivity index (χ0n) is 9.30. The average Bonchev–Trinajstić information content (AvgIpc) is 2.86. The zero-order valence-corrected chi connectivity index (χ0v) is 10.9. The molecule has 0 saturated carbocycles. The fraction of sp³-hybridized carbons (Fsp3) is 0.231. The van der Waals surface area contributed by atoms with Crippen molar-refractivity contribution in [3.8, 4) is 0 Å². The van der Waals surface area contributed by atoms with Gasteiger partial charge in [-0.2, -0.15) is 0 Å². The Morgan fingerprint density at radius 2 is 2.06 bits per heavy atom. The molecule has 0 saturated heterocycles. The second kappa shape index (κ2) is 6.15. The molecule has 0 amide bonds. The summed E-state index contributed by atoms with van der Waals surface area (Å²) < 4.78 is 5.37. The lowest BCUT2D eigenvalue weighted by atomic mass is 10.2. The lowest BCUT2D eigenvalue weighted by Gasteiger charge is -2.12. The molecule has 17 heavy (non-hydrogen) atoms. The minimum Gasteiger partial charge on any atom is -0.468 e. The highest BCUT2D eigenvalue weighted by Gasteiger charge is 2.13.